The maximum Gasteiger partial charge on any atom is 0.306 e. The minimum atomic E-state index is -0.0362. The van der Waals surface area contributed by atoms with Crippen LogP contribution in [0.5, 0.6) is 0 Å². The van der Waals surface area contributed by atoms with Crippen LogP contribution in [-0.4, -0.2) is 24.6 Å². The van der Waals surface area contributed by atoms with E-state index >= 15 is 0 Å². The van der Waals surface area contributed by atoms with E-state index in [0.717, 1.165) is 12.8 Å². The average molecular weight is 555 g/mol. The van der Waals surface area contributed by atoms with E-state index in [1.807, 2.05) is 20.8 Å². The molecule has 0 unspecified atom stereocenters. The molecule has 0 atom stereocenters. The molecule has 0 heterocycles. The SMILES string of the molecule is CCCCCCCCCCCCCC(=O)OC(C)C.CCCCCCCCCCCCCCCC(=O)OCC. The Morgan fingerprint density at radius 2 is 0.718 bits per heavy atom. The maximum absolute atomic E-state index is 11.3. The van der Waals surface area contributed by atoms with Crippen molar-refractivity contribution in [2.45, 2.75) is 208 Å². The predicted octanol–water partition coefficient (Wildman–Crippen LogP) is 11.7. The first-order valence-corrected chi connectivity index (χ1v) is 17.3. The molecule has 0 aliphatic rings. The van der Waals surface area contributed by atoms with E-state index in [1.54, 1.807) is 0 Å². The lowest BCUT2D eigenvalue weighted by molar-refractivity contribution is -0.147. The molecular weight excluding hydrogens is 484 g/mol. The van der Waals surface area contributed by atoms with Gasteiger partial charge in [-0.05, 0) is 33.6 Å². The summed E-state index contributed by atoms with van der Waals surface area (Å²) in [6.45, 7) is 10.7. The summed E-state index contributed by atoms with van der Waals surface area (Å²) in [5, 5.41) is 0. The van der Waals surface area contributed by atoms with E-state index in [2.05, 4.69) is 13.8 Å². The standard InChI is InChI=1S/C18H36O2.C17H34O2/c1-3-5-6-7-8-9-10-11-12-13-14-15-16-17-18(19)20-4-2;1-4-5-6-7-8-9-10-11-12-13-14-15-17(18)19-16(2)3/h3-17H2,1-2H3;16H,4-15H2,1-3H3. The summed E-state index contributed by atoms with van der Waals surface area (Å²) in [7, 11) is 0. The Kier molecular flexibility index (Phi) is 35.9. The normalized spacial score (nSPS) is 10.8. The highest BCUT2D eigenvalue weighted by Gasteiger charge is 2.04. The third-order valence-electron chi connectivity index (χ3n) is 7.14. The van der Waals surface area contributed by atoms with Gasteiger partial charge in [0.25, 0.3) is 0 Å². The van der Waals surface area contributed by atoms with E-state index in [4.69, 9.17) is 9.47 Å². The summed E-state index contributed by atoms with van der Waals surface area (Å²) in [6, 6.07) is 0. The van der Waals surface area contributed by atoms with Gasteiger partial charge in [-0.15, -0.1) is 0 Å². The van der Waals surface area contributed by atoms with E-state index < -0.39 is 0 Å². The number of esters is 2. The van der Waals surface area contributed by atoms with Crippen molar-refractivity contribution in [2.24, 2.45) is 0 Å². The van der Waals surface area contributed by atoms with Gasteiger partial charge in [0.1, 0.15) is 0 Å². The lowest BCUT2D eigenvalue weighted by Crippen LogP contribution is -2.10. The molecule has 0 saturated carbocycles. The van der Waals surface area contributed by atoms with Crippen LogP contribution in [-0.2, 0) is 19.1 Å². The van der Waals surface area contributed by atoms with Gasteiger partial charge in [0.15, 0.2) is 0 Å². The maximum atomic E-state index is 11.3. The Bertz CT molecular complexity index is 489. The molecule has 0 aliphatic carbocycles. The number of carbonyl (C=O) groups is 2. The molecule has 0 N–H and O–H groups in total. The highest BCUT2D eigenvalue weighted by Crippen LogP contribution is 2.14. The van der Waals surface area contributed by atoms with Crippen molar-refractivity contribution in [3.05, 3.63) is 0 Å². The van der Waals surface area contributed by atoms with Crippen LogP contribution in [0.4, 0.5) is 0 Å². The molecule has 0 bridgehead atoms. The summed E-state index contributed by atoms with van der Waals surface area (Å²) in [5.74, 6) is -0.0681. The van der Waals surface area contributed by atoms with Gasteiger partial charge in [-0.2, -0.15) is 0 Å². The predicted molar refractivity (Wildman–Crippen MR) is 169 cm³/mol. The number of carbonyl (C=O) groups excluding carboxylic acids is 2. The first-order chi connectivity index (χ1) is 19.0. The Labute approximate surface area is 245 Å². The summed E-state index contributed by atoms with van der Waals surface area (Å²) >= 11 is 0. The third-order valence-corrected chi connectivity index (χ3v) is 7.14. The number of unbranched alkanes of at least 4 members (excludes halogenated alkanes) is 22. The highest BCUT2D eigenvalue weighted by molar-refractivity contribution is 5.69. The molecule has 0 amide bonds. The van der Waals surface area contributed by atoms with Crippen LogP contribution in [0.1, 0.15) is 202 Å². The average Bonchev–Trinajstić information content (AvgIpc) is 2.90. The topological polar surface area (TPSA) is 52.6 Å². The largest absolute Gasteiger partial charge is 0.466 e. The van der Waals surface area contributed by atoms with Crippen molar-refractivity contribution in [3.8, 4) is 0 Å². The van der Waals surface area contributed by atoms with Gasteiger partial charge in [-0.1, -0.05) is 155 Å². The molecule has 0 spiro atoms. The Balaban J connectivity index is 0. The van der Waals surface area contributed by atoms with Crippen LogP contribution in [0.15, 0.2) is 0 Å². The highest BCUT2D eigenvalue weighted by atomic mass is 16.5. The van der Waals surface area contributed by atoms with E-state index in [0.29, 0.717) is 19.4 Å². The molecule has 234 valence electrons. The Morgan fingerprint density at radius 3 is 1.00 bits per heavy atom. The Morgan fingerprint density at radius 1 is 0.436 bits per heavy atom. The summed E-state index contributed by atoms with van der Waals surface area (Å²) < 4.78 is 10.0. The molecule has 0 fully saturated rings. The molecule has 0 rings (SSSR count). The van der Waals surface area contributed by atoms with E-state index in [1.165, 1.54) is 141 Å². The minimum Gasteiger partial charge on any atom is -0.466 e. The van der Waals surface area contributed by atoms with Gasteiger partial charge in [0, 0.05) is 12.8 Å². The molecule has 4 nitrogen and oxygen atoms in total. The van der Waals surface area contributed by atoms with Gasteiger partial charge >= 0.3 is 11.9 Å². The van der Waals surface area contributed by atoms with Gasteiger partial charge < -0.3 is 9.47 Å². The van der Waals surface area contributed by atoms with Crippen molar-refractivity contribution in [1.82, 2.24) is 0 Å². The number of hydrogen-bond donors (Lipinski definition) is 0. The molecule has 0 aliphatic heterocycles. The van der Waals surface area contributed by atoms with Crippen LogP contribution in [0.3, 0.4) is 0 Å². The van der Waals surface area contributed by atoms with Gasteiger partial charge in [-0.25, -0.2) is 0 Å². The fourth-order valence-corrected chi connectivity index (χ4v) is 4.78. The number of hydrogen-bond acceptors (Lipinski definition) is 4. The van der Waals surface area contributed by atoms with Crippen LogP contribution in [0.2, 0.25) is 0 Å². The quantitative estimate of drug-likeness (QED) is 0.0712. The molecule has 0 aromatic rings. The zero-order valence-electron chi connectivity index (χ0n) is 27.3. The monoisotopic (exact) mass is 555 g/mol. The third kappa shape index (κ3) is 39.1. The van der Waals surface area contributed by atoms with Crippen molar-refractivity contribution in [2.75, 3.05) is 6.61 Å². The molecular formula is C35H70O4. The lowest BCUT2D eigenvalue weighted by Gasteiger charge is -2.07. The van der Waals surface area contributed by atoms with E-state index in [-0.39, 0.29) is 18.0 Å². The summed E-state index contributed by atoms with van der Waals surface area (Å²) in [6.07, 6.45) is 33.1. The molecule has 0 radical (unpaired) electrons. The molecule has 0 aromatic heterocycles. The second-order valence-corrected chi connectivity index (χ2v) is 11.6. The number of rotatable bonds is 28. The Hall–Kier alpha value is -1.06. The van der Waals surface area contributed by atoms with E-state index in [9.17, 15) is 9.59 Å². The smallest absolute Gasteiger partial charge is 0.306 e. The molecule has 4 heteroatoms. The van der Waals surface area contributed by atoms with Crippen LogP contribution in [0.25, 0.3) is 0 Å². The van der Waals surface area contributed by atoms with Gasteiger partial charge in [-0.3, -0.25) is 9.59 Å². The van der Waals surface area contributed by atoms with Crippen LogP contribution >= 0.6 is 0 Å². The van der Waals surface area contributed by atoms with Gasteiger partial charge in [0.05, 0.1) is 12.7 Å². The second-order valence-electron chi connectivity index (χ2n) is 11.6. The second kappa shape index (κ2) is 35.0. The van der Waals surface area contributed by atoms with Crippen molar-refractivity contribution in [3.63, 3.8) is 0 Å². The zero-order valence-corrected chi connectivity index (χ0v) is 27.3. The molecule has 0 saturated heterocycles. The lowest BCUT2D eigenvalue weighted by atomic mass is 10.0. The van der Waals surface area contributed by atoms with Crippen molar-refractivity contribution < 1.29 is 19.1 Å². The fourth-order valence-electron chi connectivity index (χ4n) is 4.78. The summed E-state index contributed by atoms with van der Waals surface area (Å²) in [4.78, 5) is 22.4. The first-order valence-electron chi connectivity index (χ1n) is 17.3. The van der Waals surface area contributed by atoms with Crippen molar-refractivity contribution >= 4 is 11.9 Å². The van der Waals surface area contributed by atoms with Crippen molar-refractivity contribution in [1.29, 1.82) is 0 Å². The minimum absolute atomic E-state index is 0.0280. The number of ether oxygens (including phenoxy) is 2. The summed E-state index contributed by atoms with van der Waals surface area (Å²) in [5.41, 5.74) is 0. The molecule has 39 heavy (non-hydrogen) atoms. The first kappa shape index (κ1) is 40.1. The van der Waals surface area contributed by atoms with Crippen LogP contribution < -0.4 is 0 Å². The van der Waals surface area contributed by atoms with Crippen LogP contribution in [0, 0.1) is 0 Å². The fraction of sp³-hybridized carbons (Fsp3) is 0.943. The van der Waals surface area contributed by atoms with Gasteiger partial charge in [0.2, 0.25) is 0 Å². The molecule has 0 aromatic carbocycles. The zero-order chi connectivity index (χ0) is 29.2.